The van der Waals surface area contributed by atoms with E-state index in [1.807, 2.05) is 24.3 Å². The Morgan fingerprint density at radius 2 is 1.31 bits per heavy atom. The van der Waals surface area contributed by atoms with Gasteiger partial charge in [-0.05, 0) is 69.3 Å². The van der Waals surface area contributed by atoms with Gasteiger partial charge in [0.2, 0.25) is 0 Å². The first-order valence-electron chi connectivity index (χ1n) is 9.13. The summed E-state index contributed by atoms with van der Waals surface area (Å²) in [6, 6.07) is 14.6. The Bertz CT molecular complexity index is 850. The van der Waals surface area contributed by atoms with Crippen molar-refractivity contribution in [3.63, 3.8) is 0 Å². The Kier molecular flexibility index (Phi) is 8.19. The molecule has 6 nitrogen and oxygen atoms in total. The molecule has 0 aromatic heterocycles. The second kappa shape index (κ2) is 10.4. The summed E-state index contributed by atoms with van der Waals surface area (Å²) in [4.78, 5) is 34.6. The summed E-state index contributed by atoms with van der Waals surface area (Å²) in [5.41, 5.74) is -0.603. The molecule has 29 heavy (non-hydrogen) atoms. The summed E-state index contributed by atoms with van der Waals surface area (Å²) >= 11 is -0.445. The highest BCUT2D eigenvalue weighted by Gasteiger charge is 2.20. The number of hydrogen-bond acceptors (Lipinski definition) is 6. The van der Waals surface area contributed by atoms with Gasteiger partial charge < -0.3 is 14.2 Å². The van der Waals surface area contributed by atoms with Crippen molar-refractivity contribution in [3.8, 4) is 11.5 Å². The molecule has 0 fully saturated rings. The van der Waals surface area contributed by atoms with Gasteiger partial charge >= 0.3 is 33.3 Å². The van der Waals surface area contributed by atoms with E-state index < -0.39 is 38.9 Å². The van der Waals surface area contributed by atoms with Gasteiger partial charge in [0, 0.05) is 6.42 Å². The van der Waals surface area contributed by atoms with Crippen LogP contribution in [0.3, 0.4) is 0 Å². The first kappa shape index (κ1) is 22.9. The molecule has 0 unspecified atom stereocenters. The fraction of sp³-hybridized carbons (Fsp3) is 0.318. The number of carbonyl (C=O) groups excluding carboxylic acids is 3. The highest BCUT2D eigenvalue weighted by atomic mass is 127. The maximum atomic E-state index is 11.7. The van der Waals surface area contributed by atoms with E-state index in [4.69, 9.17) is 14.2 Å². The molecule has 0 saturated carbocycles. The predicted molar refractivity (Wildman–Crippen MR) is 103 cm³/mol. The lowest BCUT2D eigenvalue weighted by Crippen LogP contribution is -3.61. The van der Waals surface area contributed by atoms with Crippen LogP contribution in [0.5, 0.6) is 11.5 Å². The van der Waals surface area contributed by atoms with Crippen molar-refractivity contribution < 1.29 is 49.8 Å². The number of benzene rings is 2. The molecule has 2 aromatic rings. The number of hydrogen-bond donors (Lipinski definition) is 0. The van der Waals surface area contributed by atoms with Crippen molar-refractivity contribution in [3.05, 3.63) is 55.7 Å². The maximum absolute atomic E-state index is 11.7. The van der Waals surface area contributed by atoms with Gasteiger partial charge in [-0.15, -0.1) is 0 Å². The van der Waals surface area contributed by atoms with Gasteiger partial charge in [-0.3, -0.25) is 9.59 Å². The molecule has 0 bridgehead atoms. The van der Waals surface area contributed by atoms with E-state index in [1.165, 1.54) is 0 Å². The molecule has 0 aliphatic carbocycles. The maximum Gasteiger partial charge on any atom is 0.514 e. The zero-order valence-electron chi connectivity index (χ0n) is 16.9. The summed E-state index contributed by atoms with van der Waals surface area (Å²) in [5.74, 6) is 0.167. The van der Waals surface area contributed by atoms with E-state index in [-0.39, 0.29) is 12.2 Å². The van der Waals surface area contributed by atoms with Gasteiger partial charge in [0.25, 0.3) is 0 Å². The van der Waals surface area contributed by atoms with Crippen molar-refractivity contribution >= 4 is 17.9 Å². The van der Waals surface area contributed by atoms with Crippen molar-refractivity contribution in [2.24, 2.45) is 0 Å². The van der Waals surface area contributed by atoms with Crippen LogP contribution >= 0.6 is 0 Å². The van der Waals surface area contributed by atoms with Gasteiger partial charge in [0.15, 0.2) is 7.14 Å². The monoisotopic (exact) mass is 511 g/mol. The number of ether oxygens (including phenoxy) is 3. The van der Waals surface area contributed by atoms with Crippen LogP contribution in [-0.2, 0) is 14.3 Å². The normalized spacial score (nSPS) is 10.9. The fourth-order valence-electron chi connectivity index (χ4n) is 2.08. The average Bonchev–Trinajstić information content (AvgIpc) is 2.63. The minimum Gasteiger partial charge on any atom is -0.428 e. The third kappa shape index (κ3) is 8.64. The molecule has 0 N–H and O–H groups in total. The molecule has 0 aliphatic heterocycles. The largest absolute Gasteiger partial charge is 0.514 e. The molecular formula is C22H24IO6+. The van der Waals surface area contributed by atoms with Crippen LogP contribution in [0.1, 0.15) is 40.5 Å². The topological polar surface area (TPSA) is 78.9 Å². The number of halogens is 1. The highest BCUT2D eigenvalue weighted by molar-refractivity contribution is 5.96. The van der Waals surface area contributed by atoms with E-state index in [1.54, 1.807) is 52.0 Å². The standard InChI is InChI=1S/C22H24IO6/c1-5-17(24)14-20(25)27-18-10-6-15(7-11-18)23-16-8-12-19(13-9-16)28-21(26)29-22(2,3)4/h6-13H,5,14H2,1-4H3/q+1. The van der Waals surface area contributed by atoms with Gasteiger partial charge in [-0.1, -0.05) is 6.92 Å². The number of ketones is 1. The molecule has 0 amide bonds. The van der Waals surface area contributed by atoms with Crippen LogP contribution in [0.4, 0.5) is 4.79 Å². The zero-order chi connectivity index (χ0) is 21.4. The third-order valence-corrected chi connectivity index (χ3v) is 6.09. The zero-order valence-corrected chi connectivity index (χ0v) is 19.0. The van der Waals surface area contributed by atoms with Crippen molar-refractivity contribution in [1.29, 1.82) is 0 Å². The molecule has 154 valence electrons. The number of carbonyl (C=O) groups is 3. The summed E-state index contributed by atoms with van der Waals surface area (Å²) in [6.07, 6.45) is -0.617. The van der Waals surface area contributed by atoms with Crippen LogP contribution in [0.2, 0.25) is 0 Å². The molecule has 0 heterocycles. The Hall–Kier alpha value is -2.42. The average molecular weight is 511 g/mol. The Morgan fingerprint density at radius 1 is 0.828 bits per heavy atom. The van der Waals surface area contributed by atoms with Crippen molar-refractivity contribution in [2.75, 3.05) is 0 Å². The first-order valence-corrected chi connectivity index (χ1v) is 11.3. The van der Waals surface area contributed by atoms with Crippen LogP contribution in [0, 0.1) is 7.14 Å². The molecule has 0 saturated heterocycles. The Balaban J connectivity index is 1.89. The second-order valence-corrected chi connectivity index (χ2v) is 10.1. The summed E-state index contributed by atoms with van der Waals surface area (Å²) in [5, 5.41) is 0. The summed E-state index contributed by atoms with van der Waals surface area (Å²) in [6.45, 7) is 7.04. The van der Waals surface area contributed by atoms with E-state index in [0.717, 1.165) is 7.14 Å². The third-order valence-electron chi connectivity index (χ3n) is 3.40. The highest BCUT2D eigenvalue weighted by Crippen LogP contribution is 2.13. The van der Waals surface area contributed by atoms with Crippen LogP contribution < -0.4 is 30.7 Å². The minimum atomic E-state index is -0.731. The Labute approximate surface area is 180 Å². The lowest BCUT2D eigenvalue weighted by atomic mass is 10.2. The van der Waals surface area contributed by atoms with Crippen molar-refractivity contribution in [2.45, 2.75) is 46.1 Å². The predicted octanol–water partition coefficient (Wildman–Crippen LogP) is 1.40. The van der Waals surface area contributed by atoms with E-state index >= 15 is 0 Å². The lowest BCUT2D eigenvalue weighted by Gasteiger charge is -2.18. The summed E-state index contributed by atoms with van der Waals surface area (Å²) in [7, 11) is 0. The van der Waals surface area contributed by atoms with Gasteiger partial charge in [-0.2, -0.15) is 0 Å². The van der Waals surface area contributed by atoms with E-state index in [0.29, 0.717) is 17.9 Å². The van der Waals surface area contributed by atoms with Crippen LogP contribution in [0.25, 0.3) is 0 Å². The first-order chi connectivity index (χ1) is 13.6. The van der Waals surface area contributed by atoms with Crippen LogP contribution in [0.15, 0.2) is 48.5 Å². The molecule has 0 radical (unpaired) electrons. The second-order valence-electron chi connectivity index (χ2n) is 7.11. The molecule has 2 rings (SSSR count). The molecular weight excluding hydrogens is 487 g/mol. The quantitative estimate of drug-likeness (QED) is 0.184. The summed E-state index contributed by atoms with van der Waals surface area (Å²) < 4.78 is 17.7. The number of Topliss-reactive ketones (excluding diaryl/α,β-unsaturated/α-hetero) is 1. The molecule has 0 aliphatic rings. The lowest BCUT2D eigenvalue weighted by molar-refractivity contribution is -0.597. The molecule has 2 aromatic carbocycles. The molecule has 0 spiro atoms. The Morgan fingerprint density at radius 3 is 1.76 bits per heavy atom. The van der Waals surface area contributed by atoms with Crippen molar-refractivity contribution in [1.82, 2.24) is 0 Å². The SMILES string of the molecule is CCC(=O)CC(=O)Oc1ccc([I+]c2ccc(OC(=O)OC(C)(C)C)cc2)cc1. The van der Waals surface area contributed by atoms with E-state index in [2.05, 4.69) is 0 Å². The van der Waals surface area contributed by atoms with E-state index in [9.17, 15) is 14.4 Å². The fourth-order valence-corrected chi connectivity index (χ4v) is 4.24. The number of esters is 1. The van der Waals surface area contributed by atoms with Crippen LogP contribution in [-0.4, -0.2) is 23.5 Å². The molecule has 0 atom stereocenters. The minimum absolute atomic E-state index is 0.142. The van der Waals surface area contributed by atoms with Gasteiger partial charge in [0.05, 0.1) is 0 Å². The van der Waals surface area contributed by atoms with Gasteiger partial charge in [0.1, 0.15) is 29.3 Å². The van der Waals surface area contributed by atoms with Gasteiger partial charge in [-0.25, -0.2) is 4.79 Å². The smallest absolute Gasteiger partial charge is 0.428 e. The number of rotatable bonds is 7. The molecule has 7 heteroatoms.